The summed E-state index contributed by atoms with van der Waals surface area (Å²) in [5, 5.41) is 1.59. The number of nitrogens with one attached hydrogen (secondary N) is 1. The number of nitrogens with zero attached hydrogens (tertiary/aromatic N) is 1. The zero-order valence-corrected chi connectivity index (χ0v) is 16.6. The normalized spacial score (nSPS) is 9.30. The summed E-state index contributed by atoms with van der Waals surface area (Å²) in [7, 11) is 0. The second-order valence-electron chi connectivity index (χ2n) is 4.16. The molecule has 0 bridgehead atoms. The van der Waals surface area contributed by atoms with E-state index in [0.717, 1.165) is 10.8 Å². The van der Waals surface area contributed by atoms with Crippen LogP contribution in [0.5, 0.6) is 0 Å². The first-order valence-corrected chi connectivity index (χ1v) is 10.3. The molecule has 2 rings (SSSR count). The minimum atomic E-state index is -0.0375. The molecule has 128 valence electrons. The van der Waals surface area contributed by atoms with Crippen molar-refractivity contribution >= 4 is 23.5 Å². The molecule has 1 heterocycles. The summed E-state index contributed by atoms with van der Waals surface area (Å²) in [5.41, 5.74) is 2.70. The molecule has 0 saturated carbocycles. The summed E-state index contributed by atoms with van der Waals surface area (Å²) in [6.07, 6.45) is 2.73. The molecule has 0 saturated heterocycles. The fourth-order valence-corrected chi connectivity index (χ4v) is 2.96. The molecular formula is C18H28N2OS2. The van der Waals surface area contributed by atoms with E-state index in [-0.39, 0.29) is 5.56 Å². The number of benzene rings is 1. The average Bonchev–Trinajstić information content (AvgIpc) is 2.61. The molecule has 3 nitrogen and oxygen atoms in total. The van der Waals surface area contributed by atoms with Gasteiger partial charge in [-0.05, 0) is 18.7 Å². The van der Waals surface area contributed by atoms with Gasteiger partial charge in [-0.25, -0.2) is 4.98 Å². The Morgan fingerprint density at radius 1 is 1.09 bits per heavy atom. The standard InChI is InChI=1S/C14H16N2OS2.2C2H6/c1-10-12(8-11-6-4-3-5-7-11)15-14(16-13(10)17)19-9-18-2;2*1-2/h3-7H,8-9H2,1-2H3,(H,15,16,17);2*1-2H3. The van der Waals surface area contributed by atoms with Gasteiger partial charge in [0, 0.05) is 17.1 Å². The number of thioether (sulfide) groups is 2. The Morgan fingerprint density at radius 3 is 2.26 bits per heavy atom. The average molecular weight is 353 g/mol. The molecule has 0 aliphatic carbocycles. The van der Waals surface area contributed by atoms with Gasteiger partial charge in [0.05, 0.1) is 5.69 Å². The van der Waals surface area contributed by atoms with Crippen LogP contribution in [0.15, 0.2) is 40.3 Å². The van der Waals surface area contributed by atoms with Crippen molar-refractivity contribution in [3.63, 3.8) is 0 Å². The maximum Gasteiger partial charge on any atom is 0.254 e. The highest BCUT2D eigenvalue weighted by molar-refractivity contribution is 8.15. The predicted octanol–water partition coefficient (Wildman–Crippen LogP) is 5.13. The van der Waals surface area contributed by atoms with E-state index in [1.165, 1.54) is 5.56 Å². The van der Waals surface area contributed by atoms with Gasteiger partial charge >= 0.3 is 0 Å². The third-order valence-corrected chi connectivity index (χ3v) is 4.64. The van der Waals surface area contributed by atoms with Crippen molar-refractivity contribution in [2.75, 3.05) is 11.3 Å². The quantitative estimate of drug-likeness (QED) is 0.460. The number of hydrogen-bond donors (Lipinski definition) is 1. The van der Waals surface area contributed by atoms with E-state index in [0.29, 0.717) is 17.1 Å². The van der Waals surface area contributed by atoms with Crippen molar-refractivity contribution in [2.45, 2.75) is 46.2 Å². The lowest BCUT2D eigenvalue weighted by Crippen LogP contribution is -2.16. The van der Waals surface area contributed by atoms with Crippen LogP contribution in [0.3, 0.4) is 0 Å². The molecular weight excluding hydrogens is 324 g/mol. The van der Waals surface area contributed by atoms with Crippen LogP contribution >= 0.6 is 23.5 Å². The summed E-state index contributed by atoms with van der Waals surface area (Å²) in [6.45, 7) is 9.83. The number of hydrogen-bond acceptors (Lipinski definition) is 4. The van der Waals surface area contributed by atoms with Crippen molar-refractivity contribution in [3.8, 4) is 0 Å². The fraction of sp³-hybridized carbons (Fsp3) is 0.444. The van der Waals surface area contributed by atoms with Gasteiger partial charge in [0.25, 0.3) is 5.56 Å². The number of rotatable bonds is 5. The lowest BCUT2D eigenvalue weighted by atomic mass is 10.1. The van der Waals surface area contributed by atoms with Gasteiger partial charge in [0.1, 0.15) is 0 Å². The van der Waals surface area contributed by atoms with Crippen LogP contribution in [-0.2, 0) is 6.42 Å². The molecule has 1 aromatic heterocycles. The molecule has 0 spiro atoms. The van der Waals surface area contributed by atoms with Crippen molar-refractivity contribution in [1.29, 1.82) is 0 Å². The summed E-state index contributed by atoms with van der Waals surface area (Å²) in [6, 6.07) is 10.1. The van der Waals surface area contributed by atoms with Crippen LogP contribution in [-0.4, -0.2) is 21.3 Å². The largest absolute Gasteiger partial charge is 0.301 e. The first-order chi connectivity index (χ1) is 11.2. The Balaban J connectivity index is 0.00000112. The number of aromatic nitrogens is 2. The molecule has 0 amide bonds. The van der Waals surface area contributed by atoms with Crippen molar-refractivity contribution in [1.82, 2.24) is 9.97 Å². The van der Waals surface area contributed by atoms with Gasteiger partial charge in [-0.3, -0.25) is 4.79 Å². The SMILES string of the molecule is CC.CC.CSCSc1nc(Cc2ccccc2)c(C)c(=O)[nH]1. The molecule has 1 N–H and O–H groups in total. The molecule has 23 heavy (non-hydrogen) atoms. The minimum Gasteiger partial charge on any atom is -0.301 e. The second kappa shape index (κ2) is 13.3. The maximum absolute atomic E-state index is 11.9. The Kier molecular flexibility index (Phi) is 12.6. The predicted molar refractivity (Wildman–Crippen MR) is 106 cm³/mol. The smallest absolute Gasteiger partial charge is 0.254 e. The van der Waals surface area contributed by atoms with E-state index in [9.17, 15) is 4.79 Å². The van der Waals surface area contributed by atoms with Crippen LogP contribution in [0.1, 0.15) is 44.5 Å². The number of H-pyrrole nitrogens is 1. The van der Waals surface area contributed by atoms with Crippen LogP contribution in [0.4, 0.5) is 0 Å². The zero-order valence-electron chi connectivity index (χ0n) is 15.0. The highest BCUT2D eigenvalue weighted by Gasteiger charge is 2.08. The molecule has 5 heteroatoms. The molecule has 0 aliphatic rings. The highest BCUT2D eigenvalue weighted by atomic mass is 32.2. The fourth-order valence-electron chi connectivity index (χ4n) is 1.70. The van der Waals surface area contributed by atoms with Gasteiger partial charge in [-0.15, -0.1) is 0 Å². The van der Waals surface area contributed by atoms with Gasteiger partial charge in [-0.2, -0.15) is 11.8 Å². The maximum atomic E-state index is 11.9. The molecule has 0 fully saturated rings. The molecule has 1 aromatic carbocycles. The Hall–Kier alpha value is -1.20. The first kappa shape index (κ1) is 21.8. The Morgan fingerprint density at radius 2 is 1.70 bits per heavy atom. The second-order valence-corrected chi connectivity index (χ2v) is 6.35. The minimum absolute atomic E-state index is 0.0375. The van der Waals surface area contributed by atoms with Crippen molar-refractivity contribution < 1.29 is 0 Å². The lowest BCUT2D eigenvalue weighted by molar-refractivity contribution is 0.860. The van der Waals surface area contributed by atoms with Crippen LogP contribution < -0.4 is 5.56 Å². The van der Waals surface area contributed by atoms with E-state index in [2.05, 4.69) is 22.1 Å². The van der Waals surface area contributed by atoms with E-state index >= 15 is 0 Å². The molecule has 2 aromatic rings. The third-order valence-electron chi connectivity index (χ3n) is 2.76. The lowest BCUT2D eigenvalue weighted by Gasteiger charge is -2.07. The summed E-state index contributed by atoms with van der Waals surface area (Å²) in [5.74, 6) is 0. The topological polar surface area (TPSA) is 45.8 Å². The van der Waals surface area contributed by atoms with E-state index in [1.54, 1.807) is 23.5 Å². The van der Waals surface area contributed by atoms with Crippen molar-refractivity contribution in [2.24, 2.45) is 0 Å². The van der Waals surface area contributed by atoms with Gasteiger partial charge in [0.2, 0.25) is 0 Å². The zero-order chi connectivity index (χ0) is 17.7. The van der Waals surface area contributed by atoms with Gasteiger partial charge in [0.15, 0.2) is 5.16 Å². The van der Waals surface area contributed by atoms with Crippen LogP contribution in [0, 0.1) is 6.92 Å². The first-order valence-electron chi connectivity index (χ1n) is 7.96. The highest BCUT2D eigenvalue weighted by Crippen LogP contribution is 2.18. The van der Waals surface area contributed by atoms with Crippen molar-refractivity contribution in [3.05, 3.63) is 57.5 Å². The Bertz CT molecular complexity index is 598. The number of aromatic amines is 1. The third kappa shape index (κ3) is 7.75. The van der Waals surface area contributed by atoms with Gasteiger partial charge in [-0.1, -0.05) is 69.8 Å². The van der Waals surface area contributed by atoms with E-state index < -0.39 is 0 Å². The molecule has 0 unspecified atom stereocenters. The molecule has 0 radical (unpaired) electrons. The van der Waals surface area contributed by atoms with Gasteiger partial charge < -0.3 is 4.98 Å². The molecule has 0 atom stereocenters. The van der Waals surface area contributed by atoms with Crippen LogP contribution in [0.2, 0.25) is 0 Å². The summed E-state index contributed by atoms with van der Waals surface area (Å²) >= 11 is 3.28. The summed E-state index contributed by atoms with van der Waals surface area (Å²) < 4.78 is 0. The Labute approximate surface area is 148 Å². The summed E-state index contributed by atoms with van der Waals surface area (Å²) in [4.78, 5) is 19.3. The van der Waals surface area contributed by atoms with Crippen LogP contribution in [0.25, 0.3) is 0 Å². The monoisotopic (exact) mass is 352 g/mol. The van der Waals surface area contributed by atoms with E-state index in [1.807, 2.05) is 59.1 Å². The molecule has 0 aliphatic heterocycles. The van der Waals surface area contributed by atoms with E-state index in [4.69, 9.17) is 0 Å².